The van der Waals surface area contributed by atoms with Gasteiger partial charge in [0, 0.05) is 6.54 Å². The first-order valence-corrected chi connectivity index (χ1v) is 16.3. The number of nitrogens with zero attached hydrogens (tertiary/aromatic N) is 5. The van der Waals surface area contributed by atoms with Gasteiger partial charge in [0.15, 0.2) is 22.3 Å². The molecule has 50 heavy (non-hydrogen) atoms. The number of carbonyl (C=O) groups is 7. The summed E-state index contributed by atoms with van der Waals surface area (Å²) < 4.78 is -0.106. The Morgan fingerprint density at radius 2 is 1.80 bits per heavy atom. The molecule has 0 spiro atoms. The quantitative estimate of drug-likeness (QED) is 0.0390. The zero-order chi connectivity index (χ0) is 37.0. The van der Waals surface area contributed by atoms with Crippen LogP contribution in [0.15, 0.2) is 17.3 Å². The number of aliphatic carboxylic acids is 2. The number of phenolic OH excluding ortho intramolecular Hbond substituents is 2. The molecule has 5 rings (SSSR count). The van der Waals surface area contributed by atoms with E-state index in [1.807, 2.05) is 0 Å². The van der Waals surface area contributed by atoms with Crippen LogP contribution in [0.2, 0.25) is 9.36 Å². The number of aromatic hydroxyl groups is 2. The average molecular weight is 776 g/mol. The Bertz CT molecular complexity index is 1910. The minimum absolute atomic E-state index is 0.0696. The second kappa shape index (κ2) is 13.0. The molecule has 0 bridgehead atoms. The third kappa shape index (κ3) is 6.14. The van der Waals surface area contributed by atoms with Crippen LogP contribution in [0, 0.1) is 0 Å². The number of nitrogens with two attached hydrogens (primary N) is 1. The Kier molecular flexibility index (Phi) is 9.42. The maximum Gasteiger partial charge on any atom is 0.350 e. The molecular formula is C26H24Cl2N8O12S2. The Morgan fingerprint density at radius 1 is 1.12 bits per heavy atom. The Labute approximate surface area is 297 Å². The minimum Gasteiger partial charge on any atom is -0.504 e. The number of halogens is 2. The van der Waals surface area contributed by atoms with Crippen molar-refractivity contribution in [1.82, 2.24) is 30.5 Å². The predicted octanol–water partition coefficient (Wildman–Crippen LogP) is -0.140. The number of thioether (sulfide) groups is 1. The number of oxime groups is 1. The number of carbonyl (C=O) groups excluding carboxylic acids is 5. The fraction of sp³-hybridized carbons (Fsp3) is 0.346. The van der Waals surface area contributed by atoms with Gasteiger partial charge < -0.3 is 41.2 Å². The zero-order valence-electron chi connectivity index (χ0n) is 25.4. The lowest BCUT2D eigenvalue weighted by Crippen LogP contribution is -2.68. The van der Waals surface area contributed by atoms with E-state index in [-0.39, 0.29) is 28.3 Å². The third-order valence-electron chi connectivity index (χ3n) is 7.61. The van der Waals surface area contributed by atoms with Gasteiger partial charge >= 0.3 is 23.9 Å². The first-order chi connectivity index (χ1) is 23.3. The van der Waals surface area contributed by atoms with Crippen molar-refractivity contribution >= 4 is 98.6 Å². The molecule has 3 atom stereocenters. The number of urea groups is 1. The van der Waals surface area contributed by atoms with Crippen molar-refractivity contribution in [2.45, 2.75) is 35.7 Å². The van der Waals surface area contributed by atoms with Crippen molar-refractivity contribution in [2.75, 3.05) is 25.4 Å². The van der Waals surface area contributed by atoms with Gasteiger partial charge in [-0.25, -0.2) is 24.4 Å². The summed E-state index contributed by atoms with van der Waals surface area (Å²) in [5.41, 5.74) is 4.45. The fourth-order valence-corrected chi connectivity index (χ4v) is 7.68. The van der Waals surface area contributed by atoms with Crippen LogP contribution in [-0.2, 0) is 28.8 Å². The van der Waals surface area contributed by atoms with E-state index in [1.165, 1.54) is 0 Å². The normalized spacial score (nSPS) is 21.8. The number of aromatic nitrogens is 1. The summed E-state index contributed by atoms with van der Waals surface area (Å²) in [5.74, 6) is -8.93. The average Bonchev–Trinajstić information content (AvgIpc) is 3.71. The molecule has 3 saturated heterocycles. The topological polar surface area (TPSA) is 295 Å². The van der Waals surface area contributed by atoms with E-state index in [1.54, 1.807) is 0 Å². The minimum atomic E-state index is -2.11. The lowest BCUT2D eigenvalue weighted by atomic mass is 10.1. The van der Waals surface area contributed by atoms with Crippen LogP contribution in [0.4, 0.5) is 9.93 Å². The molecule has 20 nitrogen and oxygen atoms in total. The molecule has 1 aromatic carbocycles. The van der Waals surface area contributed by atoms with Crippen molar-refractivity contribution in [1.29, 1.82) is 0 Å². The molecule has 8 N–H and O–H groups in total. The standard InChI is InChI=1S/C26H24Cl2N8O12S2/c1-25(2,21(43)44)48-33-12(11-16(28)49-23(29)31-11)17(40)30-13-19(42)34-7-26(22(45)46,50-20(13)34)35-5-6-36(24(35)47)32-18(41)14(38)8-3-4-9(37)15(39)10(8)27/h3-4,13,20,37,39H,5-7H2,1-2H3,(H2,29,31)(H,30,40)(H,32,41)(H,43,44)(H,45,46)/b33-12-/t13-,20-,26?/m1/s1. The van der Waals surface area contributed by atoms with Gasteiger partial charge in [0.2, 0.25) is 16.4 Å². The molecule has 3 aliphatic rings. The number of amides is 5. The fourth-order valence-electron chi connectivity index (χ4n) is 4.87. The molecule has 0 aliphatic carbocycles. The van der Waals surface area contributed by atoms with Crippen molar-refractivity contribution < 1.29 is 58.8 Å². The predicted molar refractivity (Wildman–Crippen MR) is 172 cm³/mol. The number of Topliss-reactive ketones (excluding diaryl/α,β-unsaturated/α-hetero) is 1. The zero-order valence-corrected chi connectivity index (χ0v) is 28.5. The number of carboxylic acid groups (broad SMARTS) is 2. The highest BCUT2D eigenvalue weighted by Gasteiger charge is 2.66. The Morgan fingerprint density at radius 3 is 2.40 bits per heavy atom. The molecular weight excluding hydrogens is 751 g/mol. The monoisotopic (exact) mass is 774 g/mol. The van der Waals surface area contributed by atoms with E-state index in [0.717, 1.165) is 47.1 Å². The number of anilines is 1. The van der Waals surface area contributed by atoms with Crippen molar-refractivity contribution in [3.63, 3.8) is 0 Å². The van der Waals surface area contributed by atoms with Gasteiger partial charge in [0.05, 0.1) is 23.7 Å². The summed E-state index contributed by atoms with van der Waals surface area (Å²) in [5, 5.41) is 44.0. The molecule has 3 aliphatic heterocycles. The third-order valence-corrected chi connectivity index (χ3v) is 10.8. The highest BCUT2D eigenvalue weighted by Crippen LogP contribution is 2.49. The lowest BCUT2D eigenvalue weighted by molar-refractivity contribution is -0.161. The number of hydrogen-bond donors (Lipinski definition) is 7. The van der Waals surface area contributed by atoms with Gasteiger partial charge in [-0.05, 0) is 26.0 Å². The number of hydrogen-bond acceptors (Lipinski definition) is 15. The van der Waals surface area contributed by atoms with E-state index in [2.05, 4.69) is 20.9 Å². The van der Waals surface area contributed by atoms with E-state index in [9.17, 15) is 54.0 Å². The number of nitrogen functional groups attached to an aromatic ring is 1. The van der Waals surface area contributed by atoms with Crippen LogP contribution in [-0.4, -0.2) is 129 Å². The van der Waals surface area contributed by atoms with Crippen molar-refractivity contribution in [3.05, 3.63) is 32.7 Å². The smallest absolute Gasteiger partial charge is 0.350 e. The largest absolute Gasteiger partial charge is 0.504 e. The van der Waals surface area contributed by atoms with Gasteiger partial charge in [-0.3, -0.25) is 29.5 Å². The summed E-state index contributed by atoms with van der Waals surface area (Å²) in [7, 11) is 0. The van der Waals surface area contributed by atoms with Gasteiger partial charge in [-0.2, -0.15) is 0 Å². The molecule has 3 fully saturated rings. The summed E-state index contributed by atoms with van der Waals surface area (Å²) in [4.78, 5) is 98.5. The first kappa shape index (κ1) is 36.2. The molecule has 4 heterocycles. The molecule has 0 radical (unpaired) electrons. The van der Waals surface area contributed by atoms with E-state index in [0.29, 0.717) is 16.8 Å². The summed E-state index contributed by atoms with van der Waals surface area (Å²) in [6.45, 7) is 1.21. The van der Waals surface area contributed by atoms with Crippen LogP contribution in [0.5, 0.6) is 11.5 Å². The van der Waals surface area contributed by atoms with Gasteiger partial charge in [-0.15, -0.1) is 0 Å². The van der Waals surface area contributed by atoms with Gasteiger partial charge in [0.25, 0.3) is 11.7 Å². The number of thiazole rings is 1. The van der Waals surface area contributed by atoms with Gasteiger partial charge in [-0.1, -0.05) is 51.5 Å². The van der Waals surface area contributed by atoms with E-state index >= 15 is 0 Å². The number of rotatable bonds is 11. The van der Waals surface area contributed by atoms with Gasteiger partial charge in [0.1, 0.15) is 21.4 Å². The lowest BCUT2D eigenvalue weighted by Gasteiger charge is -2.41. The van der Waals surface area contributed by atoms with Crippen LogP contribution in [0.1, 0.15) is 29.9 Å². The van der Waals surface area contributed by atoms with Crippen LogP contribution in [0.25, 0.3) is 0 Å². The maximum atomic E-state index is 13.4. The number of hydrazine groups is 1. The molecule has 24 heteroatoms. The number of ketones is 1. The number of β-lactam (4-membered cyclic amide) rings is 1. The van der Waals surface area contributed by atoms with Crippen molar-refractivity contribution in [3.8, 4) is 11.5 Å². The summed E-state index contributed by atoms with van der Waals surface area (Å²) in [6, 6.07) is -0.509. The van der Waals surface area contributed by atoms with Crippen LogP contribution in [0.3, 0.4) is 0 Å². The highest BCUT2D eigenvalue weighted by molar-refractivity contribution is 8.02. The number of nitrogens with one attached hydrogen (secondary N) is 2. The van der Waals surface area contributed by atoms with E-state index in [4.69, 9.17) is 33.8 Å². The molecule has 2 aromatic rings. The molecule has 0 saturated carbocycles. The molecule has 266 valence electrons. The highest BCUT2D eigenvalue weighted by atomic mass is 35.5. The molecule has 5 amide bonds. The Hall–Kier alpha value is -5.06. The van der Waals surface area contributed by atoms with Crippen LogP contribution < -0.4 is 16.5 Å². The van der Waals surface area contributed by atoms with Crippen LogP contribution >= 0.6 is 46.3 Å². The Balaban J connectivity index is 1.32. The number of phenols is 2. The molecule has 1 aromatic heterocycles. The number of fused-ring (bicyclic) bond motifs is 1. The second-order valence-electron chi connectivity index (χ2n) is 11.2. The maximum absolute atomic E-state index is 13.4. The SMILES string of the molecule is CC(C)(O/N=C(\C(=O)N[C@@H]1C(=O)N2CC(C(=O)O)(N3CCN(NC(=O)C(=O)c4ccc(O)c(O)c4Cl)C3=O)S[C@H]12)c1nc(N)sc1Cl)C(=O)O. The number of benzene rings is 1. The first-order valence-electron chi connectivity index (χ1n) is 13.9. The molecule has 1 unspecified atom stereocenters. The van der Waals surface area contributed by atoms with E-state index < -0.39 is 97.7 Å². The number of carboxylic acids is 2. The van der Waals surface area contributed by atoms with Crippen molar-refractivity contribution in [2.24, 2.45) is 5.16 Å². The summed E-state index contributed by atoms with van der Waals surface area (Å²) >= 11 is 13.4. The summed E-state index contributed by atoms with van der Waals surface area (Å²) in [6.07, 6.45) is 0. The second-order valence-corrected chi connectivity index (χ2v) is 14.6.